The summed E-state index contributed by atoms with van der Waals surface area (Å²) in [7, 11) is 0. The van der Waals surface area contributed by atoms with Crippen molar-refractivity contribution in [2.45, 2.75) is 91.9 Å². The first-order valence-corrected chi connectivity index (χ1v) is 10.3. The first kappa shape index (κ1) is 22.2. The predicted octanol–water partition coefficient (Wildman–Crippen LogP) is 6.72. The Morgan fingerprint density at radius 2 is 1.23 bits per heavy atom. The maximum Gasteiger partial charge on any atom is 0.133 e. The second kappa shape index (κ2) is 14.8. The van der Waals surface area contributed by atoms with Crippen molar-refractivity contribution in [3.05, 3.63) is 0 Å². The Hall–Kier alpha value is 0.240. The van der Waals surface area contributed by atoms with E-state index in [-0.39, 0.29) is 0 Å². The lowest BCUT2D eigenvalue weighted by molar-refractivity contribution is 0.294. The van der Waals surface area contributed by atoms with Crippen LogP contribution < -0.4 is 0 Å². The van der Waals surface area contributed by atoms with Crippen molar-refractivity contribution in [2.75, 3.05) is 13.1 Å². The van der Waals surface area contributed by atoms with Crippen LogP contribution in [-0.2, 0) is 0 Å². The number of rotatable bonds is 14. The van der Waals surface area contributed by atoms with Gasteiger partial charge in [0.25, 0.3) is 0 Å². The third-order valence-corrected chi connectivity index (χ3v) is 4.98. The molecule has 1 nitrogen and oxygen atoms in total. The molecule has 22 heavy (non-hydrogen) atoms. The summed E-state index contributed by atoms with van der Waals surface area (Å²) in [5.41, 5.74) is 0. The Labute approximate surface area is 151 Å². The third-order valence-electron chi connectivity index (χ3n) is 4.44. The fraction of sp³-hybridized carbons (Fsp3) is 0.947. The molecule has 0 aromatic rings. The zero-order chi connectivity index (χ0) is 16.8. The molecule has 132 valence electrons. The summed E-state index contributed by atoms with van der Waals surface area (Å²) >= 11 is 9.80. The van der Waals surface area contributed by atoms with Crippen LogP contribution in [0.25, 0.3) is 0 Å². The van der Waals surface area contributed by atoms with Gasteiger partial charge in [0.1, 0.15) is 4.32 Å². The largest absolute Gasteiger partial charge is 0.357 e. The maximum atomic E-state index is 5.35. The molecule has 0 aliphatic carbocycles. The lowest BCUT2D eigenvalue weighted by Crippen LogP contribution is -2.34. The van der Waals surface area contributed by atoms with Crippen molar-refractivity contribution in [1.82, 2.24) is 4.90 Å². The minimum atomic E-state index is 0.717. The van der Waals surface area contributed by atoms with Crippen LogP contribution in [0.1, 0.15) is 91.9 Å². The van der Waals surface area contributed by atoms with Crippen LogP contribution in [0.2, 0.25) is 0 Å². The van der Waals surface area contributed by atoms with Crippen molar-refractivity contribution >= 4 is 29.2 Å². The number of unbranched alkanes of at least 4 members (excludes halogenated alkanes) is 6. The summed E-state index contributed by atoms with van der Waals surface area (Å²) in [6.45, 7) is 11.4. The molecule has 0 amide bonds. The minimum absolute atomic E-state index is 0.717. The van der Waals surface area contributed by atoms with Gasteiger partial charge in [-0.1, -0.05) is 91.3 Å². The molecule has 0 fully saturated rings. The molecule has 0 aliphatic rings. The van der Waals surface area contributed by atoms with E-state index in [4.69, 9.17) is 12.2 Å². The predicted molar refractivity (Wildman–Crippen MR) is 109 cm³/mol. The number of thiol groups is 1. The average molecular weight is 346 g/mol. The van der Waals surface area contributed by atoms with E-state index in [0.717, 1.165) is 17.4 Å². The molecule has 0 saturated heterocycles. The SMILES string of the molecule is CCCCCCC(C)CN(CC(C)CCCCCC)C(=S)S. The molecule has 3 heteroatoms. The van der Waals surface area contributed by atoms with Gasteiger partial charge in [-0.2, -0.15) is 0 Å². The maximum absolute atomic E-state index is 5.35. The molecule has 0 spiro atoms. The van der Waals surface area contributed by atoms with E-state index in [1.54, 1.807) is 0 Å². The molecule has 0 aromatic carbocycles. The molecule has 0 radical (unpaired) electrons. The molecule has 2 atom stereocenters. The lowest BCUT2D eigenvalue weighted by Gasteiger charge is -2.29. The zero-order valence-corrected chi connectivity index (χ0v) is 17.2. The average Bonchev–Trinajstić information content (AvgIpc) is 2.47. The first-order valence-electron chi connectivity index (χ1n) is 9.49. The van der Waals surface area contributed by atoms with Gasteiger partial charge in [0.2, 0.25) is 0 Å². The second-order valence-electron chi connectivity index (χ2n) is 7.10. The van der Waals surface area contributed by atoms with E-state index in [1.165, 1.54) is 64.2 Å². The summed E-state index contributed by atoms with van der Waals surface area (Å²) < 4.78 is 0.779. The van der Waals surface area contributed by atoms with Crippen LogP contribution in [0.5, 0.6) is 0 Å². The van der Waals surface area contributed by atoms with E-state index in [0.29, 0.717) is 11.8 Å². The highest BCUT2D eigenvalue weighted by atomic mass is 32.1. The van der Waals surface area contributed by atoms with E-state index in [2.05, 4.69) is 45.2 Å². The van der Waals surface area contributed by atoms with Crippen LogP contribution in [0.15, 0.2) is 0 Å². The molecule has 0 rings (SSSR count). The highest BCUT2D eigenvalue weighted by Crippen LogP contribution is 2.17. The van der Waals surface area contributed by atoms with Crippen LogP contribution in [0.4, 0.5) is 0 Å². The van der Waals surface area contributed by atoms with E-state index >= 15 is 0 Å². The highest BCUT2D eigenvalue weighted by molar-refractivity contribution is 8.10. The van der Waals surface area contributed by atoms with Crippen molar-refractivity contribution in [3.8, 4) is 0 Å². The van der Waals surface area contributed by atoms with Gasteiger partial charge in [-0.15, -0.1) is 12.6 Å². The molecule has 0 aliphatic heterocycles. The fourth-order valence-electron chi connectivity index (χ4n) is 3.00. The molecular weight excluding hydrogens is 306 g/mol. The molecule has 0 saturated carbocycles. The summed E-state index contributed by atoms with van der Waals surface area (Å²) in [4.78, 5) is 2.33. The highest BCUT2D eigenvalue weighted by Gasteiger charge is 2.14. The van der Waals surface area contributed by atoms with Crippen LogP contribution in [-0.4, -0.2) is 22.3 Å². The third kappa shape index (κ3) is 12.8. The molecule has 0 aromatic heterocycles. The van der Waals surface area contributed by atoms with Gasteiger partial charge in [-0.05, 0) is 24.7 Å². The summed E-state index contributed by atoms with van der Waals surface area (Å²) in [6, 6.07) is 0. The Bertz CT molecular complexity index is 248. The van der Waals surface area contributed by atoms with Crippen molar-refractivity contribution in [2.24, 2.45) is 11.8 Å². The van der Waals surface area contributed by atoms with Gasteiger partial charge >= 0.3 is 0 Å². The Balaban J connectivity index is 4.00. The number of hydrogen-bond donors (Lipinski definition) is 1. The minimum Gasteiger partial charge on any atom is -0.357 e. The van der Waals surface area contributed by atoms with Crippen LogP contribution in [0, 0.1) is 11.8 Å². The fourth-order valence-corrected chi connectivity index (χ4v) is 3.32. The van der Waals surface area contributed by atoms with E-state index in [1.807, 2.05) is 0 Å². The Morgan fingerprint density at radius 3 is 1.55 bits per heavy atom. The molecule has 2 unspecified atom stereocenters. The van der Waals surface area contributed by atoms with E-state index in [9.17, 15) is 0 Å². The Kier molecular flexibility index (Phi) is 15.0. The quantitative estimate of drug-likeness (QED) is 0.211. The van der Waals surface area contributed by atoms with Gasteiger partial charge in [0.15, 0.2) is 0 Å². The monoisotopic (exact) mass is 345 g/mol. The normalized spacial score (nSPS) is 13.9. The summed E-state index contributed by atoms with van der Waals surface area (Å²) in [5.74, 6) is 1.43. The van der Waals surface area contributed by atoms with Gasteiger partial charge < -0.3 is 4.90 Å². The molecule has 0 bridgehead atoms. The van der Waals surface area contributed by atoms with Crippen LogP contribution >= 0.6 is 24.8 Å². The number of hydrogen-bond acceptors (Lipinski definition) is 1. The van der Waals surface area contributed by atoms with Crippen molar-refractivity contribution in [3.63, 3.8) is 0 Å². The first-order chi connectivity index (χ1) is 10.5. The van der Waals surface area contributed by atoms with Gasteiger partial charge in [-0.25, -0.2) is 0 Å². The van der Waals surface area contributed by atoms with Gasteiger partial charge in [0, 0.05) is 13.1 Å². The molecule has 0 N–H and O–H groups in total. The molecule has 0 heterocycles. The second-order valence-corrected chi connectivity index (χ2v) is 8.21. The number of nitrogens with zero attached hydrogens (tertiary/aromatic N) is 1. The number of thiocarbonyl (C=S) groups is 1. The van der Waals surface area contributed by atoms with Crippen molar-refractivity contribution in [1.29, 1.82) is 0 Å². The lowest BCUT2D eigenvalue weighted by atomic mass is 10.00. The smallest absolute Gasteiger partial charge is 0.133 e. The van der Waals surface area contributed by atoms with Gasteiger partial charge in [0.05, 0.1) is 0 Å². The molecular formula is C19H39NS2. The Morgan fingerprint density at radius 1 is 0.818 bits per heavy atom. The topological polar surface area (TPSA) is 3.24 Å². The zero-order valence-electron chi connectivity index (χ0n) is 15.4. The van der Waals surface area contributed by atoms with Crippen LogP contribution in [0.3, 0.4) is 0 Å². The van der Waals surface area contributed by atoms with E-state index < -0.39 is 0 Å². The summed E-state index contributed by atoms with van der Waals surface area (Å²) in [6.07, 6.45) is 13.5. The summed E-state index contributed by atoms with van der Waals surface area (Å²) in [5, 5.41) is 0. The van der Waals surface area contributed by atoms with Crippen molar-refractivity contribution < 1.29 is 0 Å². The standard InChI is InChI=1S/C19H39NS2/c1-5-7-9-11-13-17(3)15-20(19(21)22)16-18(4)14-12-10-8-6-2/h17-18H,5-16H2,1-4H3,(H,21,22). The van der Waals surface area contributed by atoms with Gasteiger partial charge in [-0.3, -0.25) is 0 Å².